The largest absolute Gasteiger partial charge is 0.374 e. The fourth-order valence-corrected chi connectivity index (χ4v) is 2.17. The maximum absolute atomic E-state index is 5.96. The summed E-state index contributed by atoms with van der Waals surface area (Å²) in [5.74, 6) is 0. The Morgan fingerprint density at radius 1 is 1.33 bits per heavy atom. The van der Waals surface area contributed by atoms with Crippen LogP contribution in [0.4, 0.5) is 0 Å². The van der Waals surface area contributed by atoms with Crippen LogP contribution in [0.2, 0.25) is 0 Å². The molecule has 12 heavy (non-hydrogen) atoms. The molecule has 2 heteroatoms. The Bertz CT molecular complexity index is 122. The SMILES string of the molecule is CCOC1([C@H](C)N)CCCCC1. The molecule has 2 N–H and O–H groups in total. The van der Waals surface area contributed by atoms with E-state index in [1.54, 1.807) is 0 Å². The second-order valence-corrected chi connectivity index (χ2v) is 3.85. The summed E-state index contributed by atoms with van der Waals surface area (Å²) in [7, 11) is 0. The molecule has 0 bridgehead atoms. The van der Waals surface area contributed by atoms with Crippen LogP contribution in [-0.2, 0) is 4.74 Å². The van der Waals surface area contributed by atoms with Crippen molar-refractivity contribution in [1.29, 1.82) is 0 Å². The van der Waals surface area contributed by atoms with Gasteiger partial charge in [0.1, 0.15) is 0 Å². The molecule has 1 aliphatic rings. The summed E-state index contributed by atoms with van der Waals surface area (Å²) >= 11 is 0. The van der Waals surface area contributed by atoms with Gasteiger partial charge in [-0.2, -0.15) is 0 Å². The number of hydrogen-bond donors (Lipinski definition) is 1. The van der Waals surface area contributed by atoms with Crippen LogP contribution in [0.5, 0.6) is 0 Å². The molecule has 1 aliphatic carbocycles. The quantitative estimate of drug-likeness (QED) is 0.705. The second kappa shape index (κ2) is 4.24. The van der Waals surface area contributed by atoms with E-state index in [2.05, 4.69) is 13.8 Å². The van der Waals surface area contributed by atoms with Crippen LogP contribution in [0.3, 0.4) is 0 Å². The average molecular weight is 171 g/mol. The highest BCUT2D eigenvalue weighted by Gasteiger charge is 2.35. The molecular weight excluding hydrogens is 150 g/mol. The minimum atomic E-state index is 0.00694. The first-order chi connectivity index (χ1) is 5.71. The maximum Gasteiger partial charge on any atom is 0.0829 e. The Hall–Kier alpha value is -0.0800. The van der Waals surface area contributed by atoms with Gasteiger partial charge < -0.3 is 10.5 Å². The lowest BCUT2D eigenvalue weighted by Gasteiger charge is -2.40. The van der Waals surface area contributed by atoms with Gasteiger partial charge in [0.25, 0.3) is 0 Å². The maximum atomic E-state index is 5.96. The van der Waals surface area contributed by atoms with Gasteiger partial charge in [-0.15, -0.1) is 0 Å². The van der Waals surface area contributed by atoms with Gasteiger partial charge in [0, 0.05) is 12.6 Å². The van der Waals surface area contributed by atoms with Crippen molar-refractivity contribution in [3.05, 3.63) is 0 Å². The van der Waals surface area contributed by atoms with E-state index in [0.29, 0.717) is 0 Å². The molecule has 0 spiro atoms. The van der Waals surface area contributed by atoms with E-state index in [1.165, 1.54) is 19.3 Å². The summed E-state index contributed by atoms with van der Waals surface area (Å²) in [6, 6.07) is 0.178. The Morgan fingerprint density at radius 3 is 2.33 bits per heavy atom. The fourth-order valence-electron chi connectivity index (χ4n) is 2.17. The van der Waals surface area contributed by atoms with E-state index in [4.69, 9.17) is 10.5 Å². The van der Waals surface area contributed by atoms with Gasteiger partial charge in [0.15, 0.2) is 0 Å². The summed E-state index contributed by atoms with van der Waals surface area (Å²) in [4.78, 5) is 0. The zero-order valence-electron chi connectivity index (χ0n) is 8.31. The monoisotopic (exact) mass is 171 g/mol. The molecule has 0 aromatic carbocycles. The van der Waals surface area contributed by atoms with Crippen molar-refractivity contribution in [1.82, 2.24) is 0 Å². The zero-order chi connectivity index (χ0) is 9.03. The molecule has 1 rings (SSSR count). The summed E-state index contributed by atoms with van der Waals surface area (Å²) in [6.07, 6.45) is 6.21. The lowest BCUT2D eigenvalue weighted by molar-refractivity contribution is -0.0782. The Balaban J connectivity index is 2.56. The molecule has 0 heterocycles. The van der Waals surface area contributed by atoms with Crippen LogP contribution in [0.15, 0.2) is 0 Å². The number of nitrogens with two attached hydrogens (primary N) is 1. The number of ether oxygens (including phenoxy) is 1. The Morgan fingerprint density at radius 2 is 1.92 bits per heavy atom. The first-order valence-electron chi connectivity index (χ1n) is 5.11. The van der Waals surface area contributed by atoms with Crippen LogP contribution in [-0.4, -0.2) is 18.2 Å². The predicted octanol–water partition coefficient (Wildman–Crippen LogP) is 2.07. The average Bonchev–Trinajstić information content (AvgIpc) is 2.06. The predicted molar refractivity (Wildman–Crippen MR) is 51.1 cm³/mol. The molecule has 72 valence electrons. The summed E-state index contributed by atoms with van der Waals surface area (Å²) in [6.45, 7) is 4.92. The van der Waals surface area contributed by atoms with Gasteiger partial charge in [-0.1, -0.05) is 19.3 Å². The molecule has 0 aromatic heterocycles. The number of hydrogen-bond acceptors (Lipinski definition) is 2. The third kappa shape index (κ3) is 1.99. The minimum Gasteiger partial charge on any atom is -0.374 e. The van der Waals surface area contributed by atoms with Crippen molar-refractivity contribution in [3.8, 4) is 0 Å². The zero-order valence-corrected chi connectivity index (χ0v) is 8.31. The highest BCUT2D eigenvalue weighted by atomic mass is 16.5. The standard InChI is InChI=1S/C10H21NO/c1-3-12-10(9(2)11)7-5-4-6-8-10/h9H,3-8,11H2,1-2H3/t9-/m0/s1. The van der Waals surface area contributed by atoms with Crippen molar-refractivity contribution >= 4 is 0 Å². The molecule has 0 amide bonds. The van der Waals surface area contributed by atoms with Crippen molar-refractivity contribution in [2.75, 3.05) is 6.61 Å². The Kier molecular flexibility index (Phi) is 3.53. The molecule has 1 atom stereocenters. The van der Waals surface area contributed by atoms with Gasteiger partial charge in [-0.05, 0) is 26.7 Å². The van der Waals surface area contributed by atoms with Crippen molar-refractivity contribution in [2.45, 2.75) is 57.6 Å². The first-order valence-corrected chi connectivity index (χ1v) is 5.11. The first kappa shape index (κ1) is 10.0. The van der Waals surface area contributed by atoms with E-state index >= 15 is 0 Å². The van der Waals surface area contributed by atoms with E-state index in [-0.39, 0.29) is 11.6 Å². The highest BCUT2D eigenvalue weighted by molar-refractivity contribution is 4.91. The van der Waals surface area contributed by atoms with E-state index in [9.17, 15) is 0 Å². The van der Waals surface area contributed by atoms with Crippen LogP contribution in [0.1, 0.15) is 46.0 Å². The molecule has 0 radical (unpaired) electrons. The Labute approximate surface area is 75.5 Å². The lowest BCUT2D eigenvalue weighted by Crippen LogP contribution is -2.49. The van der Waals surface area contributed by atoms with Crippen molar-refractivity contribution < 1.29 is 4.74 Å². The molecule has 1 saturated carbocycles. The van der Waals surface area contributed by atoms with Crippen molar-refractivity contribution in [3.63, 3.8) is 0 Å². The summed E-state index contributed by atoms with van der Waals surface area (Å²) in [5, 5.41) is 0. The normalized spacial score (nSPS) is 25.2. The molecule has 1 fully saturated rings. The van der Waals surface area contributed by atoms with Gasteiger partial charge in [-0.25, -0.2) is 0 Å². The molecular formula is C10H21NO. The molecule has 0 saturated heterocycles. The third-order valence-corrected chi connectivity index (χ3v) is 2.96. The summed E-state index contributed by atoms with van der Waals surface area (Å²) < 4.78 is 5.81. The van der Waals surface area contributed by atoms with Gasteiger partial charge in [-0.3, -0.25) is 0 Å². The van der Waals surface area contributed by atoms with Crippen LogP contribution < -0.4 is 5.73 Å². The third-order valence-electron chi connectivity index (χ3n) is 2.96. The van der Waals surface area contributed by atoms with E-state index in [1.807, 2.05) is 0 Å². The number of rotatable bonds is 3. The van der Waals surface area contributed by atoms with Gasteiger partial charge in [0.2, 0.25) is 0 Å². The van der Waals surface area contributed by atoms with Crippen LogP contribution in [0.25, 0.3) is 0 Å². The van der Waals surface area contributed by atoms with Gasteiger partial charge in [0.05, 0.1) is 5.60 Å². The van der Waals surface area contributed by atoms with Crippen LogP contribution in [0, 0.1) is 0 Å². The van der Waals surface area contributed by atoms with Crippen LogP contribution >= 0.6 is 0 Å². The lowest BCUT2D eigenvalue weighted by atomic mass is 9.80. The fraction of sp³-hybridized carbons (Fsp3) is 1.00. The van der Waals surface area contributed by atoms with E-state index in [0.717, 1.165) is 19.4 Å². The molecule has 0 aromatic rings. The molecule has 0 aliphatic heterocycles. The van der Waals surface area contributed by atoms with Gasteiger partial charge >= 0.3 is 0 Å². The smallest absolute Gasteiger partial charge is 0.0829 e. The van der Waals surface area contributed by atoms with Crippen molar-refractivity contribution in [2.24, 2.45) is 5.73 Å². The second-order valence-electron chi connectivity index (χ2n) is 3.85. The minimum absolute atomic E-state index is 0.00694. The highest BCUT2D eigenvalue weighted by Crippen LogP contribution is 2.33. The van der Waals surface area contributed by atoms with E-state index < -0.39 is 0 Å². The molecule has 0 unspecified atom stereocenters. The summed E-state index contributed by atoms with van der Waals surface area (Å²) in [5.41, 5.74) is 5.97. The topological polar surface area (TPSA) is 35.2 Å². The molecule has 2 nitrogen and oxygen atoms in total.